The summed E-state index contributed by atoms with van der Waals surface area (Å²) < 4.78 is 7.78. The number of benzene rings is 1. The van der Waals surface area contributed by atoms with Crippen molar-refractivity contribution in [3.8, 4) is 0 Å². The minimum absolute atomic E-state index is 0.610. The predicted molar refractivity (Wildman–Crippen MR) is 73.4 cm³/mol. The minimum atomic E-state index is 0.610. The Bertz CT molecular complexity index is 526. The van der Waals surface area contributed by atoms with E-state index in [2.05, 4.69) is 35.0 Å². The molecular weight excluding hydrogens is 224 g/mol. The first kappa shape index (κ1) is 11.8. The van der Waals surface area contributed by atoms with Crippen LogP contribution in [-0.4, -0.2) is 17.8 Å². The van der Waals surface area contributed by atoms with Crippen LogP contribution in [0.2, 0.25) is 0 Å². The van der Waals surface area contributed by atoms with E-state index < -0.39 is 0 Å². The molecule has 2 N–H and O–H groups in total. The van der Waals surface area contributed by atoms with Gasteiger partial charge in [-0.3, -0.25) is 0 Å². The van der Waals surface area contributed by atoms with Crippen LogP contribution in [0.5, 0.6) is 0 Å². The van der Waals surface area contributed by atoms with Gasteiger partial charge < -0.3 is 15.0 Å². The molecule has 1 aromatic carbocycles. The maximum Gasteiger partial charge on any atom is 0.0483 e. The van der Waals surface area contributed by atoms with E-state index in [1.165, 1.54) is 29.3 Å². The van der Waals surface area contributed by atoms with Crippen molar-refractivity contribution < 1.29 is 4.74 Å². The van der Waals surface area contributed by atoms with Crippen molar-refractivity contribution in [3.63, 3.8) is 0 Å². The van der Waals surface area contributed by atoms with Gasteiger partial charge in [-0.05, 0) is 41.8 Å². The summed E-state index contributed by atoms with van der Waals surface area (Å²) in [7, 11) is 0. The van der Waals surface area contributed by atoms with E-state index in [1.54, 1.807) is 0 Å². The standard InChI is InChI=1S/C15H20N2O/c16-10-13-1-2-14-3-6-17(15(14)9-13)11-12-4-7-18-8-5-12/h1-3,6,9,12H,4-5,7-8,10-11,16H2. The van der Waals surface area contributed by atoms with Gasteiger partial charge in [0.2, 0.25) is 0 Å². The minimum Gasteiger partial charge on any atom is -0.381 e. The van der Waals surface area contributed by atoms with Crippen LogP contribution in [-0.2, 0) is 17.8 Å². The van der Waals surface area contributed by atoms with Gasteiger partial charge in [-0.2, -0.15) is 0 Å². The van der Waals surface area contributed by atoms with E-state index in [4.69, 9.17) is 10.5 Å². The smallest absolute Gasteiger partial charge is 0.0483 e. The summed E-state index contributed by atoms with van der Waals surface area (Å²) in [5.41, 5.74) is 8.23. The Morgan fingerprint density at radius 2 is 2.06 bits per heavy atom. The highest BCUT2D eigenvalue weighted by molar-refractivity contribution is 5.80. The van der Waals surface area contributed by atoms with E-state index in [9.17, 15) is 0 Å². The summed E-state index contributed by atoms with van der Waals surface area (Å²) >= 11 is 0. The average Bonchev–Trinajstić information content (AvgIpc) is 2.82. The van der Waals surface area contributed by atoms with Crippen LogP contribution >= 0.6 is 0 Å². The fourth-order valence-electron chi connectivity index (χ4n) is 2.72. The molecule has 96 valence electrons. The molecule has 2 aromatic rings. The van der Waals surface area contributed by atoms with E-state index >= 15 is 0 Å². The van der Waals surface area contributed by atoms with Crippen molar-refractivity contribution in [2.24, 2.45) is 11.7 Å². The summed E-state index contributed by atoms with van der Waals surface area (Å²) in [5.74, 6) is 0.746. The average molecular weight is 244 g/mol. The number of hydrogen-bond acceptors (Lipinski definition) is 2. The van der Waals surface area contributed by atoms with E-state index in [-0.39, 0.29) is 0 Å². The van der Waals surface area contributed by atoms with E-state index in [1.807, 2.05) is 0 Å². The van der Waals surface area contributed by atoms with Gasteiger partial charge in [0.1, 0.15) is 0 Å². The molecule has 1 fully saturated rings. The van der Waals surface area contributed by atoms with Crippen LogP contribution in [0.4, 0.5) is 0 Å². The molecule has 0 atom stereocenters. The van der Waals surface area contributed by atoms with Gasteiger partial charge >= 0.3 is 0 Å². The zero-order chi connectivity index (χ0) is 12.4. The molecule has 2 heterocycles. The molecule has 3 rings (SSSR count). The molecule has 0 unspecified atom stereocenters. The zero-order valence-corrected chi connectivity index (χ0v) is 10.6. The van der Waals surface area contributed by atoms with Crippen molar-refractivity contribution in [1.82, 2.24) is 4.57 Å². The summed E-state index contributed by atoms with van der Waals surface area (Å²) in [4.78, 5) is 0. The first-order valence-corrected chi connectivity index (χ1v) is 6.72. The number of aromatic nitrogens is 1. The van der Waals surface area contributed by atoms with E-state index in [0.29, 0.717) is 6.54 Å². The number of fused-ring (bicyclic) bond motifs is 1. The lowest BCUT2D eigenvalue weighted by atomic mass is 10.0. The third-order valence-corrected chi connectivity index (χ3v) is 3.87. The SMILES string of the molecule is NCc1ccc2ccn(CC3CCOCC3)c2c1. The van der Waals surface area contributed by atoms with Gasteiger partial charge in [0.15, 0.2) is 0 Å². The summed E-state index contributed by atoms with van der Waals surface area (Å²) in [6, 6.07) is 8.68. The molecule has 1 aromatic heterocycles. The van der Waals surface area contributed by atoms with Crippen LogP contribution in [0.25, 0.3) is 10.9 Å². The molecule has 3 heteroatoms. The normalized spacial score (nSPS) is 17.4. The van der Waals surface area contributed by atoms with Crippen LogP contribution < -0.4 is 5.73 Å². The Labute approximate surface area is 108 Å². The van der Waals surface area contributed by atoms with Gasteiger partial charge in [-0.25, -0.2) is 0 Å². The molecule has 0 amide bonds. The highest BCUT2D eigenvalue weighted by Crippen LogP contribution is 2.22. The van der Waals surface area contributed by atoms with Gasteiger partial charge in [0.25, 0.3) is 0 Å². The van der Waals surface area contributed by atoms with Crippen molar-refractivity contribution in [2.75, 3.05) is 13.2 Å². The number of hydrogen-bond donors (Lipinski definition) is 1. The van der Waals surface area contributed by atoms with E-state index in [0.717, 1.165) is 25.7 Å². The summed E-state index contributed by atoms with van der Waals surface area (Å²) in [6.45, 7) is 3.54. The van der Waals surface area contributed by atoms with Crippen molar-refractivity contribution >= 4 is 10.9 Å². The van der Waals surface area contributed by atoms with Crippen molar-refractivity contribution in [1.29, 1.82) is 0 Å². The molecule has 0 bridgehead atoms. The highest BCUT2D eigenvalue weighted by Gasteiger charge is 2.15. The van der Waals surface area contributed by atoms with Crippen LogP contribution in [0.15, 0.2) is 30.5 Å². The van der Waals surface area contributed by atoms with Gasteiger partial charge in [-0.1, -0.05) is 12.1 Å². The third-order valence-electron chi connectivity index (χ3n) is 3.87. The monoisotopic (exact) mass is 244 g/mol. The van der Waals surface area contributed by atoms with Gasteiger partial charge in [0, 0.05) is 38.0 Å². The Balaban J connectivity index is 1.86. The third kappa shape index (κ3) is 2.28. The Morgan fingerprint density at radius 1 is 1.22 bits per heavy atom. The molecule has 1 aliphatic heterocycles. The van der Waals surface area contributed by atoms with Gasteiger partial charge in [0.05, 0.1) is 0 Å². The second-order valence-electron chi connectivity index (χ2n) is 5.12. The fourth-order valence-corrected chi connectivity index (χ4v) is 2.72. The number of rotatable bonds is 3. The largest absolute Gasteiger partial charge is 0.381 e. The zero-order valence-electron chi connectivity index (χ0n) is 10.6. The van der Waals surface area contributed by atoms with Gasteiger partial charge in [-0.15, -0.1) is 0 Å². The molecule has 0 radical (unpaired) electrons. The molecule has 3 nitrogen and oxygen atoms in total. The molecule has 0 saturated carbocycles. The number of nitrogens with two attached hydrogens (primary N) is 1. The fraction of sp³-hybridized carbons (Fsp3) is 0.467. The first-order chi connectivity index (χ1) is 8.86. The molecule has 1 aliphatic rings. The lowest BCUT2D eigenvalue weighted by Gasteiger charge is -2.22. The molecular formula is C15H20N2O. The number of nitrogens with zero attached hydrogens (tertiary/aromatic N) is 1. The molecule has 0 aliphatic carbocycles. The Morgan fingerprint density at radius 3 is 2.83 bits per heavy atom. The molecule has 18 heavy (non-hydrogen) atoms. The number of ether oxygens (including phenoxy) is 1. The predicted octanol–water partition coefficient (Wildman–Crippen LogP) is 2.53. The van der Waals surface area contributed by atoms with Crippen LogP contribution in [0, 0.1) is 5.92 Å². The van der Waals surface area contributed by atoms with Crippen LogP contribution in [0.1, 0.15) is 18.4 Å². The van der Waals surface area contributed by atoms with Crippen molar-refractivity contribution in [3.05, 3.63) is 36.0 Å². The summed E-state index contributed by atoms with van der Waals surface area (Å²) in [6.07, 6.45) is 4.55. The lowest BCUT2D eigenvalue weighted by molar-refractivity contribution is 0.0616. The molecule has 0 spiro atoms. The Hall–Kier alpha value is -1.32. The second kappa shape index (κ2) is 5.12. The highest BCUT2D eigenvalue weighted by atomic mass is 16.5. The quantitative estimate of drug-likeness (QED) is 0.901. The van der Waals surface area contributed by atoms with Crippen molar-refractivity contribution in [2.45, 2.75) is 25.9 Å². The second-order valence-corrected chi connectivity index (χ2v) is 5.12. The molecule has 1 saturated heterocycles. The summed E-state index contributed by atoms with van der Waals surface area (Å²) in [5, 5.41) is 1.30. The maximum atomic E-state index is 5.72. The van der Waals surface area contributed by atoms with Crippen LogP contribution in [0.3, 0.4) is 0 Å². The lowest BCUT2D eigenvalue weighted by Crippen LogP contribution is -2.20. The first-order valence-electron chi connectivity index (χ1n) is 6.72. The maximum absolute atomic E-state index is 5.72. The topological polar surface area (TPSA) is 40.2 Å². The Kier molecular flexibility index (Phi) is 3.35.